The maximum absolute atomic E-state index is 6.16. The molecule has 4 nitrogen and oxygen atoms in total. The van der Waals surface area contributed by atoms with Crippen molar-refractivity contribution in [2.45, 2.75) is 51.5 Å². The van der Waals surface area contributed by atoms with Crippen molar-refractivity contribution in [3.63, 3.8) is 0 Å². The number of nitrogens with zero attached hydrogens (tertiary/aromatic N) is 3. The predicted octanol–water partition coefficient (Wildman–Crippen LogP) is 4.20. The van der Waals surface area contributed by atoms with E-state index in [0.29, 0.717) is 22.9 Å². The Morgan fingerprint density at radius 2 is 2.15 bits per heavy atom. The van der Waals surface area contributed by atoms with E-state index in [2.05, 4.69) is 21.5 Å². The van der Waals surface area contributed by atoms with Crippen LogP contribution in [0.2, 0.25) is 5.02 Å². The van der Waals surface area contributed by atoms with Crippen LogP contribution in [0.5, 0.6) is 0 Å². The number of anilines is 1. The van der Waals surface area contributed by atoms with E-state index in [4.69, 9.17) is 17.3 Å². The van der Waals surface area contributed by atoms with Gasteiger partial charge in [-0.2, -0.15) is 0 Å². The van der Waals surface area contributed by atoms with Crippen molar-refractivity contribution in [2.24, 2.45) is 5.92 Å². The number of rotatable bonds is 3. The molecular formula is C15H21ClN4. The summed E-state index contributed by atoms with van der Waals surface area (Å²) in [6.45, 7) is 2.22. The van der Waals surface area contributed by atoms with Crippen LogP contribution in [-0.4, -0.2) is 14.5 Å². The van der Waals surface area contributed by atoms with Crippen LogP contribution in [0, 0.1) is 5.92 Å². The van der Waals surface area contributed by atoms with Crippen LogP contribution in [0.1, 0.15) is 51.5 Å². The van der Waals surface area contributed by atoms with Gasteiger partial charge >= 0.3 is 0 Å². The summed E-state index contributed by atoms with van der Waals surface area (Å²) in [5.74, 6) is 1.25. The van der Waals surface area contributed by atoms with Gasteiger partial charge in [0, 0.05) is 12.2 Å². The first-order chi connectivity index (χ1) is 9.70. The molecule has 1 saturated carbocycles. The molecule has 0 bridgehead atoms. The molecular weight excluding hydrogens is 272 g/mol. The average molecular weight is 293 g/mol. The highest BCUT2D eigenvalue weighted by molar-refractivity contribution is 6.31. The van der Waals surface area contributed by atoms with Gasteiger partial charge in [0.25, 0.3) is 0 Å². The third kappa shape index (κ3) is 2.37. The maximum Gasteiger partial charge on any atom is 0.202 e. The summed E-state index contributed by atoms with van der Waals surface area (Å²) in [6, 6.07) is 2.23. The summed E-state index contributed by atoms with van der Waals surface area (Å²) in [5, 5.41) is 0.605. The Morgan fingerprint density at radius 1 is 1.40 bits per heavy atom. The molecule has 0 spiro atoms. The molecule has 0 saturated heterocycles. The third-order valence-electron chi connectivity index (χ3n) is 4.47. The SMILES string of the molecule is CCC(C1CCCCC1)n1c(N)nc2cc(Cl)cnc21. The highest BCUT2D eigenvalue weighted by Gasteiger charge is 2.27. The molecule has 108 valence electrons. The molecule has 2 aromatic rings. The number of nitrogen functional groups attached to an aromatic ring is 1. The highest BCUT2D eigenvalue weighted by Crippen LogP contribution is 2.37. The molecule has 3 rings (SSSR count). The number of aromatic nitrogens is 3. The summed E-state index contributed by atoms with van der Waals surface area (Å²) in [7, 11) is 0. The Bertz CT molecular complexity index is 601. The number of nitrogens with two attached hydrogens (primary N) is 1. The lowest BCUT2D eigenvalue weighted by Crippen LogP contribution is -2.22. The molecule has 1 aliphatic carbocycles. The zero-order chi connectivity index (χ0) is 14.1. The molecule has 1 unspecified atom stereocenters. The predicted molar refractivity (Wildman–Crippen MR) is 82.9 cm³/mol. The van der Waals surface area contributed by atoms with E-state index in [1.807, 2.05) is 6.07 Å². The highest BCUT2D eigenvalue weighted by atomic mass is 35.5. The standard InChI is InChI=1S/C15H21ClN4/c1-2-13(10-6-4-3-5-7-10)20-14-12(19-15(20)17)8-11(16)9-18-14/h8-10,13H,2-7H2,1H3,(H2,17,19). The molecule has 1 atom stereocenters. The monoisotopic (exact) mass is 292 g/mol. The first-order valence-corrected chi connectivity index (χ1v) is 7.87. The summed E-state index contributed by atoms with van der Waals surface area (Å²) in [6.07, 6.45) is 9.32. The molecule has 0 radical (unpaired) electrons. The lowest BCUT2D eigenvalue weighted by molar-refractivity contribution is 0.248. The number of hydrogen-bond acceptors (Lipinski definition) is 3. The normalized spacial score (nSPS) is 18.5. The molecule has 20 heavy (non-hydrogen) atoms. The van der Waals surface area contributed by atoms with Gasteiger partial charge in [0.1, 0.15) is 5.52 Å². The summed E-state index contributed by atoms with van der Waals surface area (Å²) in [4.78, 5) is 8.89. The van der Waals surface area contributed by atoms with Crippen LogP contribution in [-0.2, 0) is 0 Å². The van der Waals surface area contributed by atoms with E-state index in [-0.39, 0.29) is 0 Å². The first-order valence-electron chi connectivity index (χ1n) is 7.49. The van der Waals surface area contributed by atoms with Gasteiger partial charge in [-0.05, 0) is 31.2 Å². The number of hydrogen-bond donors (Lipinski definition) is 1. The lowest BCUT2D eigenvalue weighted by Gasteiger charge is -2.31. The van der Waals surface area contributed by atoms with Crippen LogP contribution < -0.4 is 5.73 Å². The van der Waals surface area contributed by atoms with Crippen LogP contribution in [0.3, 0.4) is 0 Å². The quantitative estimate of drug-likeness (QED) is 0.922. The molecule has 1 aliphatic rings. The van der Waals surface area contributed by atoms with E-state index < -0.39 is 0 Å². The number of fused-ring (bicyclic) bond motifs is 1. The Morgan fingerprint density at radius 3 is 2.85 bits per heavy atom. The summed E-state index contributed by atoms with van der Waals surface area (Å²) >= 11 is 5.99. The van der Waals surface area contributed by atoms with Crippen molar-refractivity contribution in [1.82, 2.24) is 14.5 Å². The van der Waals surface area contributed by atoms with Gasteiger partial charge in [-0.1, -0.05) is 37.8 Å². The lowest BCUT2D eigenvalue weighted by atomic mass is 9.83. The van der Waals surface area contributed by atoms with Gasteiger partial charge in [-0.15, -0.1) is 0 Å². The second-order valence-corrected chi connectivity index (χ2v) is 6.15. The Balaban J connectivity index is 2.04. The average Bonchev–Trinajstić information content (AvgIpc) is 2.77. The van der Waals surface area contributed by atoms with Gasteiger partial charge in [0.05, 0.1) is 5.02 Å². The van der Waals surface area contributed by atoms with Crippen LogP contribution >= 0.6 is 11.6 Å². The van der Waals surface area contributed by atoms with E-state index in [1.54, 1.807) is 6.20 Å². The van der Waals surface area contributed by atoms with Crippen molar-refractivity contribution in [3.05, 3.63) is 17.3 Å². The fourth-order valence-corrected chi connectivity index (χ4v) is 3.70. The van der Waals surface area contributed by atoms with Crippen molar-refractivity contribution in [2.75, 3.05) is 5.73 Å². The van der Waals surface area contributed by atoms with E-state index >= 15 is 0 Å². The fraction of sp³-hybridized carbons (Fsp3) is 0.600. The van der Waals surface area contributed by atoms with Gasteiger partial charge in [0.2, 0.25) is 5.95 Å². The van der Waals surface area contributed by atoms with E-state index in [0.717, 1.165) is 17.6 Å². The van der Waals surface area contributed by atoms with E-state index in [9.17, 15) is 0 Å². The Hall–Kier alpha value is -1.29. The molecule has 2 heterocycles. The third-order valence-corrected chi connectivity index (χ3v) is 4.67. The van der Waals surface area contributed by atoms with E-state index in [1.165, 1.54) is 32.1 Å². The van der Waals surface area contributed by atoms with Crippen molar-refractivity contribution < 1.29 is 0 Å². The molecule has 1 fully saturated rings. The zero-order valence-corrected chi connectivity index (χ0v) is 12.6. The van der Waals surface area contributed by atoms with Gasteiger partial charge in [0.15, 0.2) is 5.65 Å². The molecule has 0 aromatic carbocycles. The molecule has 2 N–H and O–H groups in total. The number of imidazole rings is 1. The zero-order valence-electron chi connectivity index (χ0n) is 11.8. The minimum Gasteiger partial charge on any atom is -0.369 e. The van der Waals surface area contributed by atoms with Crippen molar-refractivity contribution in [3.8, 4) is 0 Å². The Kier molecular flexibility index (Phi) is 3.83. The topological polar surface area (TPSA) is 56.7 Å². The smallest absolute Gasteiger partial charge is 0.202 e. The molecule has 5 heteroatoms. The molecule has 2 aromatic heterocycles. The summed E-state index contributed by atoms with van der Waals surface area (Å²) in [5.41, 5.74) is 7.82. The minimum absolute atomic E-state index is 0.397. The fourth-order valence-electron chi connectivity index (χ4n) is 3.55. The van der Waals surface area contributed by atoms with Gasteiger partial charge in [-0.25, -0.2) is 9.97 Å². The van der Waals surface area contributed by atoms with Crippen LogP contribution in [0.4, 0.5) is 5.95 Å². The number of pyridine rings is 1. The number of halogens is 1. The molecule has 0 aliphatic heterocycles. The Labute approximate surface area is 124 Å². The van der Waals surface area contributed by atoms with Gasteiger partial charge in [-0.3, -0.25) is 4.57 Å². The molecule has 0 amide bonds. The van der Waals surface area contributed by atoms with Crippen molar-refractivity contribution >= 4 is 28.7 Å². The van der Waals surface area contributed by atoms with Crippen LogP contribution in [0.25, 0.3) is 11.2 Å². The maximum atomic E-state index is 6.16. The second-order valence-electron chi connectivity index (χ2n) is 5.71. The van der Waals surface area contributed by atoms with Gasteiger partial charge < -0.3 is 5.73 Å². The van der Waals surface area contributed by atoms with Crippen LogP contribution in [0.15, 0.2) is 12.3 Å². The second kappa shape index (κ2) is 5.60. The van der Waals surface area contributed by atoms with Crippen molar-refractivity contribution in [1.29, 1.82) is 0 Å². The first kappa shape index (κ1) is 13.7. The summed E-state index contributed by atoms with van der Waals surface area (Å²) < 4.78 is 2.13. The minimum atomic E-state index is 0.397. The largest absolute Gasteiger partial charge is 0.369 e.